The van der Waals surface area contributed by atoms with E-state index in [1.54, 1.807) is 12.1 Å². The highest BCUT2D eigenvalue weighted by atomic mass is 16.5. The molecule has 2 rings (SSSR count). The molecular weight excluding hydrogens is 240 g/mol. The quantitative estimate of drug-likeness (QED) is 0.835. The molecule has 0 unspecified atom stereocenters. The van der Waals surface area contributed by atoms with Gasteiger partial charge in [0.1, 0.15) is 11.5 Å². The highest BCUT2D eigenvalue weighted by Gasteiger charge is 1.97. The molecule has 2 aromatic rings. The number of nitrogens with zero attached hydrogens (tertiary/aromatic N) is 1. The standard InChI is InChI=1S/C15H18N2O2/c1-2-9-19-15-7-4-12(5-8-15)16-10-13-3-6-14(18)11-17-13/h3-8,11,16,18H,2,9-10H2,1H3. The first-order valence-electron chi connectivity index (χ1n) is 6.38. The number of hydrogen-bond donors (Lipinski definition) is 2. The zero-order chi connectivity index (χ0) is 13.5. The SMILES string of the molecule is CCCOc1ccc(NCc2ccc(O)cn2)cc1. The Bertz CT molecular complexity index is 495. The minimum atomic E-state index is 0.182. The Balaban J connectivity index is 1.87. The summed E-state index contributed by atoms with van der Waals surface area (Å²) in [5.74, 6) is 1.07. The third-order valence-electron chi connectivity index (χ3n) is 2.61. The van der Waals surface area contributed by atoms with Crippen molar-refractivity contribution >= 4 is 5.69 Å². The van der Waals surface area contributed by atoms with E-state index in [4.69, 9.17) is 9.84 Å². The second kappa shape index (κ2) is 6.64. The van der Waals surface area contributed by atoms with Gasteiger partial charge in [-0.2, -0.15) is 0 Å². The summed E-state index contributed by atoms with van der Waals surface area (Å²) in [6.45, 7) is 3.44. The van der Waals surface area contributed by atoms with E-state index < -0.39 is 0 Å². The van der Waals surface area contributed by atoms with Crippen LogP contribution in [0.2, 0.25) is 0 Å². The number of aromatic hydroxyl groups is 1. The van der Waals surface area contributed by atoms with Gasteiger partial charge in [0.25, 0.3) is 0 Å². The Morgan fingerprint density at radius 3 is 2.58 bits per heavy atom. The second-order valence-corrected chi connectivity index (χ2v) is 4.23. The Kier molecular flexibility index (Phi) is 4.61. The van der Waals surface area contributed by atoms with Crippen LogP contribution in [0.4, 0.5) is 5.69 Å². The average molecular weight is 258 g/mol. The summed E-state index contributed by atoms with van der Waals surface area (Å²) in [7, 11) is 0. The number of nitrogens with one attached hydrogen (secondary N) is 1. The van der Waals surface area contributed by atoms with Crippen LogP contribution in [-0.4, -0.2) is 16.7 Å². The molecule has 0 atom stereocenters. The van der Waals surface area contributed by atoms with Crippen molar-refractivity contribution in [2.45, 2.75) is 19.9 Å². The molecule has 100 valence electrons. The molecule has 0 bridgehead atoms. The fourth-order valence-corrected chi connectivity index (χ4v) is 1.60. The first-order valence-corrected chi connectivity index (χ1v) is 6.38. The maximum atomic E-state index is 9.15. The molecule has 0 saturated heterocycles. The monoisotopic (exact) mass is 258 g/mol. The summed E-state index contributed by atoms with van der Waals surface area (Å²) in [5.41, 5.74) is 1.89. The number of pyridine rings is 1. The van der Waals surface area contributed by atoms with E-state index in [0.29, 0.717) is 6.54 Å². The van der Waals surface area contributed by atoms with Crippen LogP contribution in [0.5, 0.6) is 11.5 Å². The summed E-state index contributed by atoms with van der Waals surface area (Å²) >= 11 is 0. The third-order valence-corrected chi connectivity index (χ3v) is 2.61. The van der Waals surface area contributed by atoms with Crippen molar-refractivity contribution in [3.8, 4) is 11.5 Å². The maximum absolute atomic E-state index is 9.15. The molecule has 0 saturated carbocycles. The van der Waals surface area contributed by atoms with Crippen LogP contribution in [0.25, 0.3) is 0 Å². The lowest BCUT2D eigenvalue weighted by atomic mass is 10.3. The minimum absolute atomic E-state index is 0.182. The van der Waals surface area contributed by atoms with Crippen LogP contribution >= 0.6 is 0 Å². The Morgan fingerprint density at radius 2 is 1.95 bits per heavy atom. The summed E-state index contributed by atoms with van der Waals surface area (Å²) in [6.07, 6.45) is 2.45. The Labute approximate surface area is 113 Å². The molecule has 19 heavy (non-hydrogen) atoms. The van der Waals surface area contributed by atoms with Crippen molar-refractivity contribution in [2.75, 3.05) is 11.9 Å². The zero-order valence-corrected chi connectivity index (χ0v) is 11.0. The fraction of sp³-hybridized carbons (Fsp3) is 0.267. The van der Waals surface area contributed by atoms with E-state index in [1.165, 1.54) is 6.20 Å². The highest BCUT2D eigenvalue weighted by Crippen LogP contribution is 2.16. The van der Waals surface area contributed by atoms with Crippen molar-refractivity contribution in [1.29, 1.82) is 0 Å². The molecule has 0 aliphatic carbocycles. The lowest BCUT2D eigenvalue weighted by molar-refractivity contribution is 0.317. The van der Waals surface area contributed by atoms with Gasteiger partial charge in [-0.3, -0.25) is 4.98 Å². The predicted molar refractivity (Wildman–Crippen MR) is 75.5 cm³/mol. The van der Waals surface area contributed by atoms with E-state index >= 15 is 0 Å². The van der Waals surface area contributed by atoms with Gasteiger partial charge in [-0.05, 0) is 42.8 Å². The van der Waals surface area contributed by atoms with Crippen molar-refractivity contribution in [2.24, 2.45) is 0 Å². The first-order chi connectivity index (χ1) is 9.28. The van der Waals surface area contributed by atoms with Gasteiger partial charge < -0.3 is 15.2 Å². The number of anilines is 1. The topological polar surface area (TPSA) is 54.4 Å². The van der Waals surface area contributed by atoms with Crippen LogP contribution in [0.1, 0.15) is 19.0 Å². The van der Waals surface area contributed by atoms with Gasteiger partial charge >= 0.3 is 0 Å². The number of benzene rings is 1. The predicted octanol–water partition coefficient (Wildman–Crippen LogP) is 3.19. The van der Waals surface area contributed by atoms with E-state index in [1.807, 2.05) is 24.3 Å². The molecule has 1 heterocycles. The molecule has 1 aromatic carbocycles. The van der Waals surface area contributed by atoms with E-state index in [-0.39, 0.29) is 5.75 Å². The van der Waals surface area contributed by atoms with E-state index in [9.17, 15) is 0 Å². The zero-order valence-electron chi connectivity index (χ0n) is 11.0. The molecule has 4 heteroatoms. The van der Waals surface area contributed by atoms with Gasteiger partial charge in [-0.15, -0.1) is 0 Å². The van der Waals surface area contributed by atoms with Crippen LogP contribution in [0.3, 0.4) is 0 Å². The van der Waals surface area contributed by atoms with Crippen LogP contribution in [0, 0.1) is 0 Å². The molecular formula is C15H18N2O2. The molecule has 0 fully saturated rings. The van der Waals surface area contributed by atoms with E-state index in [0.717, 1.165) is 30.2 Å². The lowest BCUT2D eigenvalue weighted by Gasteiger charge is -2.08. The largest absolute Gasteiger partial charge is 0.506 e. The van der Waals surface area contributed by atoms with Gasteiger partial charge in [0.2, 0.25) is 0 Å². The number of aromatic nitrogens is 1. The molecule has 0 radical (unpaired) electrons. The molecule has 0 amide bonds. The van der Waals surface area contributed by atoms with Crippen molar-refractivity contribution in [1.82, 2.24) is 4.98 Å². The molecule has 0 spiro atoms. The van der Waals surface area contributed by atoms with Gasteiger partial charge in [0.15, 0.2) is 0 Å². The van der Waals surface area contributed by atoms with Gasteiger partial charge in [-0.1, -0.05) is 6.92 Å². The molecule has 4 nitrogen and oxygen atoms in total. The third kappa shape index (κ3) is 4.17. The number of rotatable bonds is 6. The smallest absolute Gasteiger partial charge is 0.133 e. The summed E-state index contributed by atoms with van der Waals surface area (Å²) in [4.78, 5) is 4.11. The first kappa shape index (κ1) is 13.2. The average Bonchev–Trinajstić information content (AvgIpc) is 2.46. The fourth-order valence-electron chi connectivity index (χ4n) is 1.60. The van der Waals surface area contributed by atoms with Gasteiger partial charge in [-0.25, -0.2) is 0 Å². The lowest BCUT2D eigenvalue weighted by Crippen LogP contribution is -2.01. The van der Waals surface area contributed by atoms with Crippen molar-refractivity contribution < 1.29 is 9.84 Å². The van der Waals surface area contributed by atoms with Crippen molar-refractivity contribution in [3.63, 3.8) is 0 Å². The number of hydrogen-bond acceptors (Lipinski definition) is 4. The van der Waals surface area contributed by atoms with Crippen LogP contribution in [-0.2, 0) is 6.54 Å². The van der Waals surface area contributed by atoms with Crippen LogP contribution in [0.15, 0.2) is 42.6 Å². The molecule has 2 N–H and O–H groups in total. The van der Waals surface area contributed by atoms with Gasteiger partial charge in [0, 0.05) is 5.69 Å². The van der Waals surface area contributed by atoms with Gasteiger partial charge in [0.05, 0.1) is 25.0 Å². The Morgan fingerprint density at radius 1 is 1.16 bits per heavy atom. The molecule has 1 aromatic heterocycles. The summed E-state index contributed by atoms with van der Waals surface area (Å²) in [6, 6.07) is 11.3. The highest BCUT2D eigenvalue weighted by molar-refractivity contribution is 5.46. The second-order valence-electron chi connectivity index (χ2n) is 4.23. The Hall–Kier alpha value is -2.23. The van der Waals surface area contributed by atoms with Crippen LogP contribution < -0.4 is 10.1 Å². The normalized spacial score (nSPS) is 10.2. The maximum Gasteiger partial charge on any atom is 0.133 e. The van der Waals surface area contributed by atoms with E-state index in [2.05, 4.69) is 17.2 Å². The summed E-state index contributed by atoms with van der Waals surface area (Å²) in [5, 5.41) is 12.4. The number of ether oxygens (including phenoxy) is 1. The molecule has 0 aliphatic heterocycles. The minimum Gasteiger partial charge on any atom is -0.506 e. The van der Waals surface area contributed by atoms with Crippen molar-refractivity contribution in [3.05, 3.63) is 48.3 Å². The molecule has 0 aliphatic rings. The summed E-state index contributed by atoms with van der Waals surface area (Å²) < 4.78 is 5.52.